The van der Waals surface area contributed by atoms with Crippen LogP contribution in [0.4, 0.5) is 11.5 Å². The topological polar surface area (TPSA) is 134 Å². The van der Waals surface area contributed by atoms with Gasteiger partial charge in [0, 0.05) is 17.6 Å². The van der Waals surface area contributed by atoms with Crippen LogP contribution in [0.1, 0.15) is 35.1 Å². The predicted octanol–water partition coefficient (Wildman–Crippen LogP) is 3.94. The van der Waals surface area contributed by atoms with Gasteiger partial charge in [-0.25, -0.2) is 9.97 Å². The van der Waals surface area contributed by atoms with Crippen LogP contribution in [-0.4, -0.2) is 41.5 Å². The van der Waals surface area contributed by atoms with Gasteiger partial charge in [-0.3, -0.25) is 13.9 Å². The lowest BCUT2D eigenvalue weighted by Crippen LogP contribution is -2.15. The number of nitrogens with two attached hydrogens (primary N) is 1. The van der Waals surface area contributed by atoms with Gasteiger partial charge >= 0.3 is 0 Å². The van der Waals surface area contributed by atoms with E-state index in [-0.39, 0.29) is 22.4 Å². The maximum Gasteiger partial charge on any atom is 0.254 e. The van der Waals surface area contributed by atoms with Crippen molar-refractivity contribution in [2.45, 2.75) is 13.3 Å². The second-order valence-electron chi connectivity index (χ2n) is 6.45. The van der Waals surface area contributed by atoms with Gasteiger partial charge in [0.1, 0.15) is 11.4 Å². The molecule has 0 saturated carbocycles. The number of hydrogen-bond acceptors (Lipinski definition) is 7. The van der Waals surface area contributed by atoms with E-state index in [1.165, 1.54) is 6.20 Å². The summed E-state index contributed by atoms with van der Waals surface area (Å²) in [4.78, 5) is 24.1. The number of nitrogens with one attached hydrogen (secondary N) is 1. The zero-order chi connectivity index (χ0) is 20.5. The summed E-state index contributed by atoms with van der Waals surface area (Å²) in [6.07, 6.45) is 3.56. The minimum absolute atomic E-state index is 0.0258. The molecule has 28 heavy (non-hydrogen) atoms. The third-order valence-electron chi connectivity index (χ3n) is 4.17. The maximum atomic E-state index is 11.7. The van der Waals surface area contributed by atoms with Gasteiger partial charge in [-0.2, -0.15) is 15.6 Å². The molecule has 148 valence electrons. The van der Waals surface area contributed by atoms with Crippen LogP contribution in [0.25, 0.3) is 11.1 Å². The Morgan fingerprint density at radius 3 is 2.71 bits per heavy atom. The molecule has 1 aliphatic heterocycles. The normalized spacial score (nSPS) is 16.8. The van der Waals surface area contributed by atoms with Crippen molar-refractivity contribution in [3.05, 3.63) is 53.2 Å². The van der Waals surface area contributed by atoms with Crippen molar-refractivity contribution in [2.24, 2.45) is 5.73 Å². The third kappa shape index (κ3) is 4.68. The smallest absolute Gasteiger partial charge is 0.254 e. The number of halogens is 1. The minimum Gasteiger partial charge on any atom is -0.365 e. The van der Waals surface area contributed by atoms with Crippen LogP contribution in [0.2, 0.25) is 5.28 Å². The highest BCUT2D eigenvalue weighted by molar-refractivity contribution is 8.24. The van der Waals surface area contributed by atoms with Gasteiger partial charge in [-0.15, -0.1) is 0 Å². The fraction of sp³-hybridized carbons (Fsp3) is 0.222. The number of primary amides is 1. The fourth-order valence-electron chi connectivity index (χ4n) is 2.68. The zero-order valence-electron chi connectivity index (χ0n) is 15.1. The van der Waals surface area contributed by atoms with Crippen LogP contribution in [0.15, 0.2) is 31.0 Å². The molecule has 1 aliphatic rings. The first-order chi connectivity index (χ1) is 13.1. The van der Waals surface area contributed by atoms with Crippen LogP contribution in [0.5, 0.6) is 0 Å². The van der Waals surface area contributed by atoms with Gasteiger partial charge in [0.25, 0.3) is 5.91 Å². The van der Waals surface area contributed by atoms with Gasteiger partial charge in [-0.1, -0.05) is 12.7 Å². The summed E-state index contributed by atoms with van der Waals surface area (Å²) in [5, 5.41) is 3.02. The Bertz CT molecular complexity index is 993. The first kappa shape index (κ1) is 20.3. The Hall–Kier alpha value is -2.46. The van der Waals surface area contributed by atoms with E-state index >= 15 is 0 Å². The maximum absolute atomic E-state index is 11.7. The van der Waals surface area contributed by atoms with Crippen LogP contribution in [0.3, 0.4) is 0 Å². The number of pyridine rings is 1. The Kier molecular flexibility index (Phi) is 5.71. The van der Waals surface area contributed by atoms with Crippen LogP contribution >= 0.6 is 22.2 Å². The van der Waals surface area contributed by atoms with Crippen molar-refractivity contribution < 1.29 is 13.9 Å². The molecule has 0 fully saturated rings. The Morgan fingerprint density at radius 1 is 1.36 bits per heavy atom. The molecule has 10 heteroatoms. The summed E-state index contributed by atoms with van der Waals surface area (Å²) in [6, 6.07) is 3.56. The molecule has 0 bridgehead atoms. The molecule has 0 saturated heterocycles. The summed E-state index contributed by atoms with van der Waals surface area (Å²) in [7, 11) is -2.55. The molecule has 0 spiro atoms. The van der Waals surface area contributed by atoms with E-state index in [2.05, 4.69) is 26.8 Å². The van der Waals surface area contributed by atoms with Crippen molar-refractivity contribution in [2.75, 3.05) is 16.8 Å². The molecule has 0 unspecified atom stereocenters. The zero-order valence-corrected chi connectivity index (χ0v) is 16.7. The predicted molar refractivity (Wildman–Crippen MR) is 113 cm³/mol. The van der Waals surface area contributed by atoms with E-state index in [1.807, 2.05) is 6.92 Å². The molecule has 8 nitrogen and oxygen atoms in total. The number of hydrogen-bond donors (Lipinski definition) is 4. The molecule has 2 aromatic heterocycles. The number of aromatic nitrogens is 3. The molecule has 3 rings (SSSR count). The van der Waals surface area contributed by atoms with E-state index < -0.39 is 16.5 Å². The number of rotatable bonds is 5. The molecule has 5 N–H and O–H groups in total. The monoisotopic (exact) mass is 421 g/mol. The van der Waals surface area contributed by atoms with E-state index in [1.54, 1.807) is 18.2 Å². The Balaban J connectivity index is 2.02. The molecule has 0 aliphatic carbocycles. The van der Waals surface area contributed by atoms with E-state index in [0.717, 1.165) is 11.1 Å². The molecule has 0 atom stereocenters. The quantitative estimate of drug-likeness (QED) is 0.537. The molecule has 3 heterocycles. The number of carbonyl (C=O) groups excluding carboxylic acids is 1. The molecule has 2 aromatic rings. The summed E-state index contributed by atoms with van der Waals surface area (Å²) in [5.74, 6) is 0.00333. The summed E-state index contributed by atoms with van der Waals surface area (Å²) in [5.41, 5.74) is 9.09. The SMILES string of the molecule is C=C(C)c1cc(Nc2nc(Cl)ncc2C(N)=O)cc(C2=CCS(O)(O)CC2)n1. The average molecular weight is 422 g/mol. The van der Waals surface area contributed by atoms with E-state index in [9.17, 15) is 13.9 Å². The van der Waals surface area contributed by atoms with Crippen molar-refractivity contribution in [3.63, 3.8) is 0 Å². The average Bonchev–Trinajstić information content (AvgIpc) is 2.61. The first-order valence-corrected chi connectivity index (χ1v) is 10.6. The standard InChI is InChI=1S/C18H20ClN5O3S/c1-10(2)14-7-12(22-17-13(16(20)25)9-21-18(19)24-17)8-15(23-14)11-3-5-28(26,27)6-4-11/h3,7-9,26-27H,1,4-6H2,2H3,(H2,20,25)(H,21,22,23,24). The van der Waals surface area contributed by atoms with Gasteiger partial charge in [0.05, 0.1) is 17.1 Å². The molecule has 0 aromatic carbocycles. The van der Waals surface area contributed by atoms with Crippen molar-refractivity contribution in [1.29, 1.82) is 0 Å². The van der Waals surface area contributed by atoms with Crippen molar-refractivity contribution in [3.8, 4) is 0 Å². The van der Waals surface area contributed by atoms with Crippen LogP contribution < -0.4 is 11.1 Å². The largest absolute Gasteiger partial charge is 0.365 e. The van der Waals surface area contributed by atoms with Gasteiger partial charge < -0.3 is 11.1 Å². The molecule has 0 radical (unpaired) electrons. The summed E-state index contributed by atoms with van der Waals surface area (Å²) in [6.45, 7) is 5.77. The van der Waals surface area contributed by atoms with Gasteiger partial charge in [0.2, 0.25) is 5.28 Å². The lowest BCUT2D eigenvalue weighted by molar-refractivity contribution is 0.100. The number of nitrogens with zero attached hydrogens (tertiary/aromatic N) is 3. The first-order valence-electron chi connectivity index (χ1n) is 8.35. The van der Waals surface area contributed by atoms with Crippen LogP contribution in [-0.2, 0) is 0 Å². The molecular formula is C18H20ClN5O3S. The van der Waals surface area contributed by atoms with Crippen molar-refractivity contribution >= 4 is 50.7 Å². The lowest BCUT2D eigenvalue weighted by Gasteiger charge is -2.34. The fourth-order valence-corrected chi connectivity index (χ4v) is 4.00. The second kappa shape index (κ2) is 7.88. The second-order valence-corrected chi connectivity index (χ2v) is 9.13. The lowest BCUT2D eigenvalue weighted by atomic mass is 10.1. The van der Waals surface area contributed by atoms with E-state index in [0.29, 0.717) is 29.2 Å². The van der Waals surface area contributed by atoms with Gasteiger partial charge in [0.15, 0.2) is 0 Å². The number of carbonyl (C=O) groups is 1. The number of amides is 1. The Morgan fingerprint density at radius 2 is 2.11 bits per heavy atom. The highest BCUT2D eigenvalue weighted by Crippen LogP contribution is 2.45. The highest BCUT2D eigenvalue weighted by atomic mass is 35.5. The highest BCUT2D eigenvalue weighted by Gasteiger charge is 2.20. The summed E-state index contributed by atoms with van der Waals surface area (Å²) < 4.78 is 19.6. The Labute approximate surface area is 168 Å². The van der Waals surface area contributed by atoms with Gasteiger partial charge in [-0.05, 0) is 48.2 Å². The van der Waals surface area contributed by atoms with E-state index in [4.69, 9.17) is 17.3 Å². The summed E-state index contributed by atoms with van der Waals surface area (Å²) >= 11 is 5.85. The van der Waals surface area contributed by atoms with Crippen LogP contribution in [0, 0.1) is 0 Å². The molecular weight excluding hydrogens is 402 g/mol. The minimum atomic E-state index is -2.55. The molecule has 1 amide bonds. The third-order valence-corrected chi connectivity index (χ3v) is 5.91. The number of anilines is 2. The number of allylic oxidation sites excluding steroid dienone is 2. The van der Waals surface area contributed by atoms with Crippen molar-refractivity contribution in [1.82, 2.24) is 15.0 Å².